The lowest BCUT2D eigenvalue weighted by molar-refractivity contribution is 0.0956. The number of carbonyl (C=O) groups is 1. The molecule has 0 atom stereocenters. The number of rotatable bonds is 6. The number of hydrogen-bond acceptors (Lipinski definition) is 4. The van der Waals surface area contributed by atoms with Gasteiger partial charge in [-0.05, 0) is 19.2 Å². The molecule has 94 valence electrons. The number of carbonyl (C=O) groups excluding carboxylic acids is 1. The Morgan fingerprint density at radius 3 is 3.00 bits per heavy atom. The monoisotopic (exact) mass is 257 g/mol. The lowest BCUT2D eigenvalue weighted by atomic mass is 10.2. The SMILES string of the molecule is CCNc1ncc(F)cc1C(=O)NCCSC. The molecular weight excluding hydrogens is 241 g/mol. The van der Waals surface area contributed by atoms with Crippen molar-refractivity contribution >= 4 is 23.5 Å². The van der Waals surface area contributed by atoms with Crippen molar-refractivity contribution in [3.05, 3.63) is 23.6 Å². The molecule has 4 nitrogen and oxygen atoms in total. The van der Waals surface area contributed by atoms with Gasteiger partial charge in [-0.15, -0.1) is 0 Å². The molecule has 1 rings (SSSR count). The van der Waals surface area contributed by atoms with Gasteiger partial charge in [0.25, 0.3) is 5.91 Å². The Balaban J connectivity index is 2.78. The van der Waals surface area contributed by atoms with Gasteiger partial charge in [-0.1, -0.05) is 0 Å². The molecule has 1 aromatic rings. The van der Waals surface area contributed by atoms with Crippen LogP contribution in [0.1, 0.15) is 17.3 Å². The lowest BCUT2D eigenvalue weighted by Crippen LogP contribution is -2.27. The highest BCUT2D eigenvalue weighted by Gasteiger charge is 2.12. The molecule has 0 fully saturated rings. The van der Waals surface area contributed by atoms with Gasteiger partial charge in [-0.25, -0.2) is 9.37 Å². The summed E-state index contributed by atoms with van der Waals surface area (Å²) in [4.78, 5) is 15.7. The van der Waals surface area contributed by atoms with Crippen molar-refractivity contribution in [1.82, 2.24) is 10.3 Å². The van der Waals surface area contributed by atoms with Gasteiger partial charge < -0.3 is 10.6 Å². The Hall–Kier alpha value is -1.30. The van der Waals surface area contributed by atoms with Gasteiger partial charge >= 0.3 is 0 Å². The van der Waals surface area contributed by atoms with Crippen molar-refractivity contribution < 1.29 is 9.18 Å². The minimum Gasteiger partial charge on any atom is -0.370 e. The fraction of sp³-hybridized carbons (Fsp3) is 0.455. The molecule has 0 aliphatic carbocycles. The van der Waals surface area contributed by atoms with Crippen LogP contribution in [0.2, 0.25) is 0 Å². The fourth-order valence-electron chi connectivity index (χ4n) is 1.28. The number of halogens is 1. The van der Waals surface area contributed by atoms with Crippen molar-refractivity contribution in [1.29, 1.82) is 0 Å². The van der Waals surface area contributed by atoms with E-state index in [1.807, 2.05) is 13.2 Å². The fourth-order valence-corrected chi connectivity index (χ4v) is 1.59. The zero-order valence-electron chi connectivity index (χ0n) is 9.92. The van der Waals surface area contributed by atoms with E-state index in [1.165, 1.54) is 6.07 Å². The minimum atomic E-state index is -0.512. The molecule has 0 aliphatic heterocycles. The van der Waals surface area contributed by atoms with E-state index in [0.717, 1.165) is 11.9 Å². The Kier molecular flexibility index (Phi) is 5.76. The van der Waals surface area contributed by atoms with Crippen LogP contribution in [0.5, 0.6) is 0 Å². The van der Waals surface area contributed by atoms with E-state index in [0.29, 0.717) is 18.9 Å². The van der Waals surface area contributed by atoms with Crippen molar-refractivity contribution in [2.45, 2.75) is 6.92 Å². The van der Waals surface area contributed by atoms with Crippen molar-refractivity contribution in [3.63, 3.8) is 0 Å². The van der Waals surface area contributed by atoms with Crippen LogP contribution >= 0.6 is 11.8 Å². The summed E-state index contributed by atoms with van der Waals surface area (Å²) in [6.07, 6.45) is 3.05. The third-order valence-electron chi connectivity index (χ3n) is 2.03. The topological polar surface area (TPSA) is 54.0 Å². The van der Waals surface area contributed by atoms with Crippen molar-refractivity contribution in [3.8, 4) is 0 Å². The molecule has 0 aromatic carbocycles. The first-order valence-electron chi connectivity index (χ1n) is 5.35. The molecule has 0 saturated carbocycles. The molecule has 0 radical (unpaired) electrons. The van der Waals surface area contributed by atoms with Gasteiger partial charge in [0.1, 0.15) is 11.6 Å². The standard InChI is InChI=1S/C11H16FN3OS/c1-3-13-10-9(6-8(12)7-15-10)11(16)14-4-5-17-2/h6-7H,3-5H2,1-2H3,(H,13,15)(H,14,16). The second-order valence-corrected chi connectivity index (χ2v) is 4.31. The van der Waals surface area contributed by atoms with E-state index in [-0.39, 0.29) is 11.5 Å². The number of nitrogens with zero attached hydrogens (tertiary/aromatic N) is 1. The Morgan fingerprint density at radius 1 is 1.59 bits per heavy atom. The Bertz CT molecular complexity index is 387. The van der Waals surface area contributed by atoms with Gasteiger partial charge in [0.2, 0.25) is 0 Å². The summed E-state index contributed by atoms with van der Waals surface area (Å²) in [5.74, 6) is 0.421. The zero-order valence-corrected chi connectivity index (χ0v) is 10.7. The van der Waals surface area contributed by atoms with Gasteiger partial charge in [0.05, 0.1) is 11.8 Å². The van der Waals surface area contributed by atoms with Crippen molar-refractivity contribution in [2.75, 3.05) is 30.4 Å². The first-order chi connectivity index (χ1) is 8.19. The zero-order chi connectivity index (χ0) is 12.7. The normalized spacial score (nSPS) is 10.1. The van der Waals surface area contributed by atoms with Crippen LogP contribution in [0.4, 0.5) is 10.2 Å². The number of pyridine rings is 1. The summed E-state index contributed by atoms with van der Waals surface area (Å²) in [5.41, 5.74) is 0.243. The molecule has 0 unspecified atom stereocenters. The van der Waals surface area contributed by atoms with E-state index in [4.69, 9.17) is 0 Å². The lowest BCUT2D eigenvalue weighted by Gasteiger charge is -2.09. The third kappa shape index (κ3) is 4.22. The molecular formula is C11H16FN3OS. The molecule has 6 heteroatoms. The van der Waals surface area contributed by atoms with Crippen LogP contribution in [0.15, 0.2) is 12.3 Å². The van der Waals surface area contributed by atoms with Gasteiger partial charge in [-0.3, -0.25) is 4.79 Å². The second-order valence-electron chi connectivity index (χ2n) is 3.33. The van der Waals surface area contributed by atoms with Gasteiger partial charge in [0.15, 0.2) is 0 Å². The van der Waals surface area contributed by atoms with Crippen LogP contribution in [0.25, 0.3) is 0 Å². The van der Waals surface area contributed by atoms with E-state index in [9.17, 15) is 9.18 Å². The molecule has 1 amide bonds. The van der Waals surface area contributed by atoms with Crippen LogP contribution in [-0.4, -0.2) is 36.0 Å². The van der Waals surface area contributed by atoms with E-state index in [1.54, 1.807) is 11.8 Å². The maximum absolute atomic E-state index is 13.1. The average molecular weight is 257 g/mol. The Morgan fingerprint density at radius 2 is 2.35 bits per heavy atom. The molecule has 0 aliphatic rings. The first-order valence-corrected chi connectivity index (χ1v) is 6.75. The second kappa shape index (κ2) is 7.11. The number of thioether (sulfide) groups is 1. The highest BCUT2D eigenvalue weighted by Crippen LogP contribution is 2.13. The number of nitrogens with one attached hydrogen (secondary N) is 2. The summed E-state index contributed by atoms with van der Waals surface area (Å²) >= 11 is 1.64. The maximum atomic E-state index is 13.1. The largest absolute Gasteiger partial charge is 0.370 e. The first kappa shape index (κ1) is 13.8. The quantitative estimate of drug-likeness (QED) is 0.762. The molecule has 0 saturated heterocycles. The Labute approximate surface area is 104 Å². The van der Waals surface area contributed by atoms with Gasteiger partial charge in [-0.2, -0.15) is 11.8 Å². The van der Waals surface area contributed by atoms with Crippen LogP contribution in [0, 0.1) is 5.82 Å². The summed E-state index contributed by atoms with van der Waals surface area (Å²) in [7, 11) is 0. The minimum absolute atomic E-state index is 0.243. The number of amides is 1. The molecule has 2 N–H and O–H groups in total. The van der Waals surface area contributed by atoms with E-state index >= 15 is 0 Å². The van der Waals surface area contributed by atoms with Crippen LogP contribution in [0.3, 0.4) is 0 Å². The summed E-state index contributed by atoms with van der Waals surface area (Å²) < 4.78 is 13.1. The number of hydrogen-bond donors (Lipinski definition) is 2. The number of anilines is 1. The predicted molar refractivity (Wildman–Crippen MR) is 69.1 cm³/mol. The average Bonchev–Trinajstić information content (AvgIpc) is 2.32. The molecule has 1 heterocycles. The highest BCUT2D eigenvalue weighted by molar-refractivity contribution is 7.98. The van der Waals surface area contributed by atoms with Crippen molar-refractivity contribution in [2.24, 2.45) is 0 Å². The van der Waals surface area contributed by atoms with E-state index < -0.39 is 5.82 Å². The summed E-state index contributed by atoms with van der Waals surface area (Å²) in [6, 6.07) is 1.19. The van der Waals surface area contributed by atoms with Gasteiger partial charge in [0, 0.05) is 18.8 Å². The summed E-state index contributed by atoms with van der Waals surface area (Å²) in [5, 5.41) is 5.65. The van der Waals surface area contributed by atoms with Crippen LogP contribution < -0.4 is 10.6 Å². The predicted octanol–water partition coefficient (Wildman–Crippen LogP) is 1.75. The molecule has 0 bridgehead atoms. The third-order valence-corrected chi connectivity index (χ3v) is 2.65. The smallest absolute Gasteiger partial charge is 0.255 e. The maximum Gasteiger partial charge on any atom is 0.255 e. The van der Waals surface area contributed by atoms with E-state index in [2.05, 4.69) is 15.6 Å². The summed E-state index contributed by atoms with van der Waals surface area (Å²) in [6.45, 7) is 3.08. The number of aromatic nitrogens is 1. The molecule has 0 spiro atoms. The highest BCUT2D eigenvalue weighted by atomic mass is 32.2. The molecule has 1 aromatic heterocycles. The van der Waals surface area contributed by atoms with Crippen LogP contribution in [-0.2, 0) is 0 Å². The molecule has 17 heavy (non-hydrogen) atoms.